The molecule has 4 rings (SSSR count). The summed E-state index contributed by atoms with van der Waals surface area (Å²) in [6.07, 6.45) is -0.178. The topological polar surface area (TPSA) is 74.8 Å². The van der Waals surface area contributed by atoms with Crippen LogP contribution in [0.1, 0.15) is 16.9 Å². The van der Waals surface area contributed by atoms with Gasteiger partial charge in [-0.1, -0.05) is 29.8 Å². The molecule has 9 heteroatoms. The van der Waals surface area contributed by atoms with Gasteiger partial charge in [-0.15, -0.1) is 22.7 Å². The molecular weight excluding hydrogens is 428 g/mol. The van der Waals surface area contributed by atoms with Crippen LogP contribution in [0.2, 0.25) is 0 Å². The van der Waals surface area contributed by atoms with Crippen LogP contribution in [0.5, 0.6) is 0 Å². The number of carbonyl (C=O) groups excluding carboxylic acids is 2. The van der Waals surface area contributed by atoms with E-state index in [9.17, 15) is 18.0 Å². The molecule has 6 nitrogen and oxygen atoms in total. The molecule has 29 heavy (non-hydrogen) atoms. The molecule has 1 aromatic carbocycles. The Hall–Kier alpha value is -2.33. The summed E-state index contributed by atoms with van der Waals surface area (Å²) in [7, 11) is -3.93. The molecule has 3 heterocycles. The molecule has 150 valence electrons. The molecule has 2 amide bonds. The molecule has 1 atom stereocenters. The predicted octanol–water partition coefficient (Wildman–Crippen LogP) is 3.64. The molecule has 2 aromatic heterocycles. The third-order valence-electron chi connectivity index (χ3n) is 4.71. The SMILES string of the molecule is Cc1ccc(N2C(=O)CC(N(Cc3cccs3)S(=O)(=O)c3cccs3)C2=O)cc1. The lowest BCUT2D eigenvalue weighted by atomic mass is 10.2. The van der Waals surface area contributed by atoms with Gasteiger partial charge in [0.15, 0.2) is 0 Å². The number of sulfonamides is 1. The molecule has 0 N–H and O–H groups in total. The highest BCUT2D eigenvalue weighted by molar-refractivity contribution is 7.91. The molecule has 1 unspecified atom stereocenters. The van der Waals surface area contributed by atoms with Gasteiger partial charge in [0.05, 0.1) is 12.1 Å². The average molecular weight is 447 g/mol. The molecule has 0 bridgehead atoms. The molecule has 3 aromatic rings. The fourth-order valence-corrected chi connectivity index (χ4v) is 6.71. The Morgan fingerprint density at radius 2 is 1.72 bits per heavy atom. The van der Waals surface area contributed by atoms with Gasteiger partial charge >= 0.3 is 0 Å². The Morgan fingerprint density at radius 3 is 2.34 bits per heavy atom. The van der Waals surface area contributed by atoms with E-state index in [4.69, 9.17) is 0 Å². The summed E-state index contributed by atoms with van der Waals surface area (Å²) in [5, 5.41) is 3.53. The number of hydrogen-bond acceptors (Lipinski definition) is 6. The van der Waals surface area contributed by atoms with Crippen molar-refractivity contribution in [2.24, 2.45) is 0 Å². The summed E-state index contributed by atoms with van der Waals surface area (Å²) in [4.78, 5) is 27.8. The zero-order chi connectivity index (χ0) is 20.6. The quantitative estimate of drug-likeness (QED) is 0.542. The molecular formula is C20H18N2O4S3. The minimum Gasteiger partial charge on any atom is -0.274 e. The van der Waals surface area contributed by atoms with E-state index in [0.717, 1.165) is 26.7 Å². The summed E-state index contributed by atoms with van der Waals surface area (Å²) in [5.74, 6) is -0.919. The fraction of sp³-hybridized carbons (Fsp3) is 0.200. The highest BCUT2D eigenvalue weighted by Gasteiger charge is 2.47. The number of nitrogens with zero attached hydrogens (tertiary/aromatic N) is 2. The van der Waals surface area contributed by atoms with Crippen LogP contribution in [0.4, 0.5) is 5.69 Å². The number of hydrogen-bond donors (Lipinski definition) is 0. The number of benzene rings is 1. The Labute approximate surface area is 177 Å². The number of imide groups is 1. The van der Waals surface area contributed by atoms with Gasteiger partial charge in [-0.25, -0.2) is 13.3 Å². The van der Waals surface area contributed by atoms with E-state index in [0.29, 0.717) is 5.69 Å². The monoisotopic (exact) mass is 446 g/mol. The Kier molecular flexibility index (Phi) is 5.39. The van der Waals surface area contributed by atoms with Crippen LogP contribution in [0.15, 0.2) is 63.5 Å². The second-order valence-corrected chi connectivity index (χ2v) is 10.8. The molecule has 0 aliphatic carbocycles. The van der Waals surface area contributed by atoms with E-state index in [1.807, 2.05) is 36.6 Å². The largest absolute Gasteiger partial charge is 0.274 e. The highest BCUT2D eigenvalue weighted by Crippen LogP contribution is 2.32. The van der Waals surface area contributed by atoms with E-state index in [1.165, 1.54) is 21.7 Å². The van der Waals surface area contributed by atoms with Crippen LogP contribution in [0.3, 0.4) is 0 Å². The number of aryl methyl sites for hydroxylation is 1. The van der Waals surface area contributed by atoms with Crippen LogP contribution in [0.25, 0.3) is 0 Å². The summed E-state index contributed by atoms with van der Waals surface area (Å²) >= 11 is 2.51. The van der Waals surface area contributed by atoms with Crippen molar-refractivity contribution in [3.63, 3.8) is 0 Å². The minimum absolute atomic E-state index is 0.0450. The van der Waals surface area contributed by atoms with E-state index < -0.39 is 27.9 Å². The molecule has 0 spiro atoms. The molecule has 1 aliphatic heterocycles. The van der Waals surface area contributed by atoms with Crippen molar-refractivity contribution in [2.45, 2.75) is 30.1 Å². The number of carbonyl (C=O) groups is 2. The zero-order valence-electron chi connectivity index (χ0n) is 15.5. The van der Waals surface area contributed by atoms with Gasteiger partial charge in [0.2, 0.25) is 5.91 Å². The van der Waals surface area contributed by atoms with Gasteiger partial charge in [0.1, 0.15) is 10.3 Å². The van der Waals surface area contributed by atoms with Gasteiger partial charge in [-0.3, -0.25) is 9.59 Å². The maximum atomic E-state index is 13.3. The van der Waals surface area contributed by atoms with Crippen LogP contribution in [-0.4, -0.2) is 30.6 Å². The molecule has 1 saturated heterocycles. The second kappa shape index (κ2) is 7.83. The Morgan fingerprint density at radius 1 is 1.03 bits per heavy atom. The van der Waals surface area contributed by atoms with Crippen molar-refractivity contribution >= 4 is 50.2 Å². The standard InChI is InChI=1S/C20H18N2O4S3/c1-14-6-8-15(9-7-14)22-18(23)12-17(20(22)24)21(13-16-4-2-10-27-16)29(25,26)19-5-3-11-28-19/h2-11,17H,12-13H2,1H3. The summed E-state index contributed by atoms with van der Waals surface area (Å²) in [5.41, 5.74) is 1.46. The first-order chi connectivity index (χ1) is 13.9. The molecule has 0 radical (unpaired) electrons. The van der Waals surface area contributed by atoms with E-state index in [-0.39, 0.29) is 17.2 Å². The van der Waals surface area contributed by atoms with Gasteiger partial charge in [-0.2, -0.15) is 4.31 Å². The molecule has 0 saturated carbocycles. The van der Waals surface area contributed by atoms with Gasteiger partial charge in [0.25, 0.3) is 15.9 Å². The molecule has 1 fully saturated rings. The lowest BCUT2D eigenvalue weighted by Gasteiger charge is -2.25. The lowest BCUT2D eigenvalue weighted by Crippen LogP contribution is -2.44. The van der Waals surface area contributed by atoms with Crippen molar-refractivity contribution in [1.29, 1.82) is 0 Å². The summed E-state index contributed by atoms with van der Waals surface area (Å²) in [6, 6.07) is 12.8. The first-order valence-corrected chi connectivity index (χ1v) is 12.1. The Balaban J connectivity index is 1.72. The van der Waals surface area contributed by atoms with Crippen LogP contribution in [0, 0.1) is 6.92 Å². The zero-order valence-corrected chi connectivity index (χ0v) is 18.0. The van der Waals surface area contributed by atoms with Crippen molar-refractivity contribution in [3.8, 4) is 0 Å². The van der Waals surface area contributed by atoms with Crippen LogP contribution >= 0.6 is 22.7 Å². The summed E-state index contributed by atoms with van der Waals surface area (Å²) in [6.45, 7) is 1.96. The first kappa shape index (κ1) is 20.0. The number of amides is 2. The van der Waals surface area contributed by atoms with E-state index in [1.54, 1.807) is 23.6 Å². The lowest BCUT2D eigenvalue weighted by molar-refractivity contribution is -0.122. The number of anilines is 1. The fourth-order valence-electron chi connectivity index (χ4n) is 3.25. The van der Waals surface area contributed by atoms with E-state index in [2.05, 4.69) is 0 Å². The van der Waals surface area contributed by atoms with Crippen LogP contribution < -0.4 is 4.90 Å². The maximum Gasteiger partial charge on any atom is 0.253 e. The number of thiophene rings is 2. The normalized spacial score (nSPS) is 17.4. The van der Waals surface area contributed by atoms with Gasteiger partial charge in [0, 0.05) is 11.4 Å². The first-order valence-electron chi connectivity index (χ1n) is 8.89. The van der Waals surface area contributed by atoms with Crippen molar-refractivity contribution < 1.29 is 18.0 Å². The van der Waals surface area contributed by atoms with Crippen molar-refractivity contribution in [2.75, 3.05) is 4.90 Å². The second-order valence-electron chi connectivity index (χ2n) is 6.68. The van der Waals surface area contributed by atoms with Crippen molar-refractivity contribution in [1.82, 2.24) is 4.31 Å². The van der Waals surface area contributed by atoms with Gasteiger partial charge < -0.3 is 0 Å². The van der Waals surface area contributed by atoms with Gasteiger partial charge in [-0.05, 0) is 41.9 Å². The number of rotatable bonds is 6. The average Bonchev–Trinajstić information content (AvgIpc) is 3.43. The van der Waals surface area contributed by atoms with Crippen LogP contribution in [-0.2, 0) is 26.2 Å². The smallest absolute Gasteiger partial charge is 0.253 e. The van der Waals surface area contributed by atoms with Crippen molar-refractivity contribution in [3.05, 3.63) is 69.7 Å². The Bertz CT molecular complexity index is 1120. The molecule has 1 aliphatic rings. The van der Waals surface area contributed by atoms with E-state index >= 15 is 0 Å². The third kappa shape index (κ3) is 3.78. The minimum atomic E-state index is -3.93. The third-order valence-corrected chi connectivity index (χ3v) is 8.80. The maximum absolute atomic E-state index is 13.3. The summed E-state index contributed by atoms with van der Waals surface area (Å²) < 4.78 is 27.9. The predicted molar refractivity (Wildman–Crippen MR) is 113 cm³/mol. The highest BCUT2D eigenvalue weighted by atomic mass is 32.2.